The highest BCUT2D eigenvalue weighted by Gasteiger charge is 2.14. The van der Waals surface area contributed by atoms with Crippen LogP contribution >= 0.6 is 11.6 Å². The Kier molecular flexibility index (Phi) is 3.18. The SMILES string of the molecule is CCc1cc(C)cc2cc(-c3nc(C)no3)c(Cl)nc12. The van der Waals surface area contributed by atoms with E-state index in [0.29, 0.717) is 22.4 Å². The van der Waals surface area contributed by atoms with Gasteiger partial charge in [0.15, 0.2) is 5.82 Å². The molecular weight excluding hydrogens is 274 g/mol. The zero-order valence-corrected chi connectivity index (χ0v) is 12.3. The fourth-order valence-corrected chi connectivity index (χ4v) is 2.55. The number of aromatic nitrogens is 3. The predicted octanol–water partition coefficient (Wildman–Crippen LogP) is 4.12. The van der Waals surface area contributed by atoms with E-state index in [4.69, 9.17) is 16.1 Å². The van der Waals surface area contributed by atoms with E-state index in [1.54, 1.807) is 6.92 Å². The van der Waals surface area contributed by atoms with Crippen molar-refractivity contribution in [1.29, 1.82) is 0 Å². The van der Waals surface area contributed by atoms with Crippen molar-refractivity contribution in [3.8, 4) is 11.5 Å². The summed E-state index contributed by atoms with van der Waals surface area (Å²) in [5, 5.41) is 5.22. The van der Waals surface area contributed by atoms with Gasteiger partial charge >= 0.3 is 0 Å². The average Bonchev–Trinajstić information content (AvgIpc) is 2.84. The Labute approximate surface area is 121 Å². The lowest BCUT2D eigenvalue weighted by atomic mass is 10.0. The van der Waals surface area contributed by atoms with Gasteiger partial charge in [0.25, 0.3) is 5.89 Å². The number of benzene rings is 1. The molecule has 0 amide bonds. The minimum atomic E-state index is 0.389. The van der Waals surface area contributed by atoms with Crippen LogP contribution in [0.1, 0.15) is 23.9 Å². The molecule has 0 unspecified atom stereocenters. The van der Waals surface area contributed by atoms with Gasteiger partial charge in [-0.3, -0.25) is 0 Å². The first-order chi connectivity index (χ1) is 9.58. The fraction of sp³-hybridized carbons (Fsp3) is 0.267. The molecule has 0 N–H and O–H groups in total. The van der Waals surface area contributed by atoms with Crippen molar-refractivity contribution in [2.75, 3.05) is 0 Å². The lowest BCUT2D eigenvalue weighted by Gasteiger charge is -2.08. The van der Waals surface area contributed by atoms with Crippen molar-refractivity contribution >= 4 is 22.5 Å². The highest BCUT2D eigenvalue weighted by Crippen LogP contribution is 2.30. The Morgan fingerprint density at radius 2 is 1.95 bits per heavy atom. The molecule has 1 aromatic carbocycles. The van der Waals surface area contributed by atoms with E-state index in [1.165, 1.54) is 11.1 Å². The van der Waals surface area contributed by atoms with Gasteiger partial charge in [-0.2, -0.15) is 4.98 Å². The molecule has 0 spiro atoms. The van der Waals surface area contributed by atoms with Crippen molar-refractivity contribution in [2.24, 2.45) is 0 Å². The van der Waals surface area contributed by atoms with Gasteiger partial charge in [0.05, 0.1) is 11.1 Å². The molecule has 0 saturated carbocycles. The first-order valence-corrected chi connectivity index (χ1v) is 6.86. The number of pyridine rings is 1. The van der Waals surface area contributed by atoms with Gasteiger partial charge in [-0.05, 0) is 38.0 Å². The fourth-order valence-electron chi connectivity index (χ4n) is 2.33. The minimum absolute atomic E-state index is 0.389. The Bertz CT molecular complexity index is 795. The summed E-state index contributed by atoms with van der Waals surface area (Å²) in [6.07, 6.45) is 0.917. The number of fused-ring (bicyclic) bond motifs is 1. The van der Waals surface area contributed by atoms with Crippen LogP contribution in [0.5, 0.6) is 0 Å². The lowest BCUT2D eigenvalue weighted by molar-refractivity contribution is 0.425. The second-order valence-electron chi connectivity index (χ2n) is 4.82. The summed E-state index contributed by atoms with van der Waals surface area (Å²) < 4.78 is 5.18. The van der Waals surface area contributed by atoms with Crippen LogP contribution in [0.15, 0.2) is 22.7 Å². The molecule has 0 atom stereocenters. The molecule has 0 fully saturated rings. The Morgan fingerprint density at radius 3 is 2.60 bits per heavy atom. The largest absolute Gasteiger partial charge is 0.334 e. The zero-order valence-electron chi connectivity index (χ0n) is 11.6. The summed E-state index contributed by atoms with van der Waals surface area (Å²) in [4.78, 5) is 8.72. The molecule has 0 radical (unpaired) electrons. The molecule has 4 nitrogen and oxygen atoms in total. The lowest BCUT2D eigenvalue weighted by Crippen LogP contribution is -1.92. The van der Waals surface area contributed by atoms with Crippen molar-refractivity contribution in [2.45, 2.75) is 27.2 Å². The summed E-state index contributed by atoms with van der Waals surface area (Å²) in [6.45, 7) is 5.96. The Morgan fingerprint density at radius 1 is 1.15 bits per heavy atom. The first kappa shape index (κ1) is 13.1. The smallest absolute Gasteiger partial charge is 0.261 e. The van der Waals surface area contributed by atoms with E-state index in [1.807, 2.05) is 6.07 Å². The van der Waals surface area contributed by atoms with Crippen LogP contribution in [0.2, 0.25) is 5.15 Å². The normalized spacial score (nSPS) is 11.2. The van der Waals surface area contributed by atoms with Gasteiger partial charge in [-0.15, -0.1) is 0 Å². The highest BCUT2D eigenvalue weighted by molar-refractivity contribution is 6.32. The van der Waals surface area contributed by atoms with Crippen LogP contribution in [-0.4, -0.2) is 15.1 Å². The van der Waals surface area contributed by atoms with Crippen LogP contribution < -0.4 is 0 Å². The van der Waals surface area contributed by atoms with Crippen LogP contribution in [0.4, 0.5) is 0 Å². The Hall–Kier alpha value is -1.94. The number of rotatable bonds is 2. The van der Waals surface area contributed by atoms with Crippen molar-refractivity contribution in [1.82, 2.24) is 15.1 Å². The maximum Gasteiger partial charge on any atom is 0.261 e. The third-order valence-electron chi connectivity index (χ3n) is 3.23. The molecule has 2 heterocycles. The molecule has 3 aromatic rings. The quantitative estimate of drug-likeness (QED) is 0.665. The molecule has 0 aliphatic carbocycles. The third-order valence-corrected chi connectivity index (χ3v) is 3.52. The molecular formula is C15H14ClN3O. The van der Waals surface area contributed by atoms with Gasteiger partial charge in [0, 0.05) is 5.39 Å². The molecule has 5 heteroatoms. The van der Waals surface area contributed by atoms with Crippen LogP contribution in [0.3, 0.4) is 0 Å². The Balaban J connectivity index is 2.28. The van der Waals surface area contributed by atoms with E-state index in [0.717, 1.165) is 17.3 Å². The second-order valence-corrected chi connectivity index (χ2v) is 5.18. The number of hydrogen-bond acceptors (Lipinski definition) is 4. The standard InChI is InChI=1S/C15H14ClN3O/c1-4-10-5-8(2)6-11-7-12(14(16)18-13(10)11)15-17-9(3)19-20-15/h5-7H,4H2,1-3H3. The minimum Gasteiger partial charge on any atom is -0.334 e. The van der Waals surface area contributed by atoms with Crippen LogP contribution in [0.25, 0.3) is 22.4 Å². The summed E-state index contributed by atoms with van der Waals surface area (Å²) in [6, 6.07) is 6.19. The van der Waals surface area contributed by atoms with Crippen molar-refractivity contribution in [3.63, 3.8) is 0 Å². The van der Waals surface area contributed by atoms with Gasteiger partial charge in [0.2, 0.25) is 0 Å². The summed E-state index contributed by atoms with van der Waals surface area (Å²) in [7, 11) is 0. The molecule has 3 rings (SSSR count). The van der Waals surface area contributed by atoms with Gasteiger partial charge in [-0.25, -0.2) is 4.98 Å². The van der Waals surface area contributed by atoms with E-state index < -0.39 is 0 Å². The first-order valence-electron chi connectivity index (χ1n) is 6.49. The molecule has 0 aliphatic rings. The van der Waals surface area contributed by atoms with E-state index in [9.17, 15) is 0 Å². The van der Waals surface area contributed by atoms with E-state index >= 15 is 0 Å². The second kappa shape index (κ2) is 4.87. The summed E-state index contributed by atoms with van der Waals surface area (Å²) >= 11 is 6.28. The molecule has 0 saturated heterocycles. The topological polar surface area (TPSA) is 51.8 Å². The van der Waals surface area contributed by atoms with Crippen molar-refractivity contribution < 1.29 is 4.52 Å². The summed E-state index contributed by atoms with van der Waals surface area (Å²) in [5.74, 6) is 0.983. The van der Waals surface area contributed by atoms with Crippen LogP contribution in [0, 0.1) is 13.8 Å². The maximum absolute atomic E-state index is 6.28. The molecule has 0 bridgehead atoms. The average molecular weight is 288 g/mol. The number of nitrogens with zero attached hydrogens (tertiary/aromatic N) is 3. The third kappa shape index (κ3) is 2.16. The monoisotopic (exact) mass is 287 g/mol. The van der Waals surface area contributed by atoms with Gasteiger partial charge in [0.1, 0.15) is 5.15 Å². The van der Waals surface area contributed by atoms with Gasteiger partial charge in [-0.1, -0.05) is 35.3 Å². The van der Waals surface area contributed by atoms with E-state index in [-0.39, 0.29) is 0 Å². The van der Waals surface area contributed by atoms with Crippen molar-refractivity contribution in [3.05, 3.63) is 40.3 Å². The molecule has 102 valence electrons. The predicted molar refractivity (Wildman–Crippen MR) is 78.9 cm³/mol. The molecule has 0 aliphatic heterocycles. The van der Waals surface area contributed by atoms with Gasteiger partial charge < -0.3 is 4.52 Å². The van der Waals surface area contributed by atoms with Crippen LogP contribution in [-0.2, 0) is 6.42 Å². The maximum atomic E-state index is 6.28. The molecule has 2 aromatic heterocycles. The highest BCUT2D eigenvalue weighted by atomic mass is 35.5. The number of halogens is 1. The number of aryl methyl sites for hydroxylation is 3. The molecule has 20 heavy (non-hydrogen) atoms. The van der Waals surface area contributed by atoms with E-state index in [2.05, 4.69) is 41.1 Å². The zero-order chi connectivity index (χ0) is 14.3. The number of hydrogen-bond donors (Lipinski definition) is 0. The summed E-state index contributed by atoms with van der Waals surface area (Å²) in [5.41, 5.74) is 4.00.